The average molecular weight is 282 g/mol. The predicted molar refractivity (Wildman–Crippen MR) is 85.0 cm³/mol. The van der Waals surface area contributed by atoms with Crippen LogP contribution in [0.15, 0.2) is 41.5 Å². The van der Waals surface area contributed by atoms with Crippen molar-refractivity contribution in [2.24, 2.45) is 11.8 Å². The number of esters is 1. The largest absolute Gasteiger partial charge is 0.465 e. The summed E-state index contributed by atoms with van der Waals surface area (Å²) in [7, 11) is 1.40. The SMILES string of the molecule is COC(=O)c1ccc(C=C(C)C=C2CC3CCC2C3)cc1. The molecule has 1 aromatic rings. The van der Waals surface area contributed by atoms with E-state index in [-0.39, 0.29) is 5.97 Å². The van der Waals surface area contributed by atoms with Crippen molar-refractivity contribution in [1.82, 2.24) is 0 Å². The van der Waals surface area contributed by atoms with Gasteiger partial charge in [-0.25, -0.2) is 4.79 Å². The first-order valence-electron chi connectivity index (χ1n) is 7.73. The number of benzene rings is 1. The Labute approximate surface area is 126 Å². The van der Waals surface area contributed by atoms with Gasteiger partial charge in [0.1, 0.15) is 0 Å². The van der Waals surface area contributed by atoms with E-state index in [2.05, 4.69) is 19.1 Å². The van der Waals surface area contributed by atoms with Crippen molar-refractivity contribution < 1.29 is 9.53 Å². The van der Waals surface area contributed by atoms with Gasteiger partial charge in [-0.1, -0.05) is 35.4 Å². The molecule has 0 spiro atoms. The monoisotopic (exact) mass is 282 g/mol. The topological polar surface area (TPSA) is 26.3 Å². The highest BCUT2D eigenvalue weighted by molar-refractivity contribution is 5.89. The zero-order chi connectivity index (χ0) is 14.8. The molecule has 3 rings (SSSR count). The van der Waals surface area contributed by atoms with Crippen LogP contribution in [0.25, 0.3) is 6.08 Å². The summed E-state index contributed by atoms with van der Waals surface area (Å²) in [5, 5.41) is 0. The minimum absolute atomic E-state index is 0.286. The van der Waals surface area contributed by atoms with Crippen molar-refractivity contribution >= 4 is 12.0 Å². The van der Waals surface area contributed by atoms with Crippen molar-refractivity contribution in [2.45, 2.75) is 32.6 Å². The fraction of sp³-hybridized carbons (Fsp3) is 0.421. The molecular weight excluding hydrogens is 260 g/mol. The molecule has 2 saturated carbocycles. The van der Waals surface area contributed by atoms with Gasteiger partial charge in [0.05, 0.1) is 12.7 Å². The van der Waals surface area contributed by atoms with E-state index in [4.69, 9.17) is 4.74 Å². The standard InChI is InChI=1S/C19H22O2/c1-13(10-18-12-15-5-8-17(18)11-15)9-14-3-6-16(7-4-14)19(20)21-2/h3-4,6-7,9-10,15,17H,5,8,11-12H2,1-2H3. The second-order valence-electron chi connectivity index (χ2n) is 6.30. The maximum Gasteiger partial charge on any atom is 0.337 e. The number of methoxy groups -OCH3 is 1. The first kappa shape index (κ1) is 14.1. The molecule has 0 radical (unpaired) electrons. The van der Waals surface area contributed by atoms with Gasteiger partial charge in [-0.2, -0.15) is 0 Å². The molecule has 2 unspecified atom stereocenters. The third kappa shape index (κ3) is 3.10. The van der Waals surface area contributed by atoms with E-state index in [1.807, 2.05) is 24.3 Å². The van der Waals surface area contributed by atoms with Gasteiger partial charge in [0.2, 0.25) is 0 Å². The highest BCUT2D eigenvalue weighted by atomic mass is 16.5. The van der Waals surface area contributed by atoms with Gasteiger partial charge in [-0.3, -0.25) is 0 Å². The molecule has 0 N–H and O–H groups in total. The lowest BCUT2D eigenvalue weighted by Gasteiger charge is -2.13. The third-order valence-electron chi connectivity index (χ3n) is 4.73. The highest BCUT2D eigenvalue weighted by Gasteiger charge is 2.34. The van der Waals surface area contributed by atoms with E-state index in [1.54, 1.807) is 5.57 Å². The zero-order valence-corrected chi connectivity index (χ0v) is 12.8. The minimum Gasteiger partial charge on any atom is -0.465 e. The summed E-state index contributed by atoms with van der Waals surface area (Å²) in [6.45, 7) is 2.16. The lowest BCUT2D eigenvalue weighted by molar-refractivity contribution is 0.0601. The number of allylic oxidation sites excluding steroid dienone is 3. The lowest BCUT2D eigenvalue weighted by Crippen LogP contribution is -2.00. The summed E-state index contributed by atoms with van der Waals surface area (Å²) in [5.74, 6) is 1.51. The number of carbonyl (C=O) groups excluding carboxylic acids is 1. The first-order valence-corrected chi connectivity index (χ1v) is 7.73. The molecule has 0 heterocycles. The fourth-order valence-corrected chi connectivity index (χ4v) is 3.70. The molecular formula is C19H22O2. The molecule has 2 aliphatic rings. The van der Waals surface area contributed by atoms with Crippen LogP contribution in [-0.2, 0) is 4.74 Å². The Bertz CT molecular complexity index is 592. The molecule has 0 aromatic heterocycles. The van der Waals surface area contributed by atoms with Gasteiger partial charge in [-0.15, -0.1) is 0 Å². The van der Waals surface area contributed by atoms with Crippen LogP contribution >= 0.6 is 0 Å². The third-order valence-corrected chi connectivity index (χ3v) is 4.73. The molecule has 2 atom stereocenters. The molecule has 2 fully saturated rings. The van der Waals surface area contributed by atoms with Crippen LogP contribution in [-0.4, -0.2) is 13.1 Å². The van der Waals surface area contributed by atoms with Crippen LogP contribution in [0.3, 0.4) is 0 Å². The molecule has 2 nitrogen and oxygen atoms in total. The Kier molecular flexibility index (Phi) is 3.96. The Morgan fingerprint density at radius 1 is 1.24 bits per heavy atom. The van der Waals surface area contributed by atoms with E-state index >= 15 is 0 Å². The molecule has 0 aliphatic heterocycles. The lowest BCUT2D eigenvalue weighted by atomic mass is 9.93. The van der Waals surface area contributed by atoms with Crippen LogP contribution in [0.2, 0.25) is 0 Å². The van der Waals surface area contributed by atoms with E-state index in [0.29, 0.717) is 5.56 Å². The molecule has 21 heavy (non-hydrogen) atoms. The Morgan fingerprint density at radius 2 is 2.00 bits per heavy atom. The molecule has 2 heteroatoms. The number of carbonyl (C=O) groups is 1. The summed E-state index contributed by atoms with van der Waals surface area (Å²) in [6, 6.07) is 7.56. The molecule has 2 aliphatic carbocycles. The quantitative estimate of drug-likeness (QED) is 0.756. The molecule has 110 valence electrons. The van der Waals surface area contributed by atoms with Crippen LogP contribution in [0.1, 0.15) is 48.5 Å². The number of hydrogen-bond acceptors (Lipinski definition) is 2. The van der Waals surface area contributed by atoms with Crippen LogP contribution in [0.4, 0.5) is 0 Å². The van der Waals surface area contributed by atoms with E-state index < -0.39 is 0 Å². The summed E-state index contributed by atoms with van der Waals surface area (Å²) in [5.41, 5.74) is 4.66. The average Bonchev–Trinajstić information content (AvgIpc) is 3.09. The number of ether oxygens (including phenoxy) is 1. The smallest absolute Gasteiger partial charge is 0.337 e. The van der Waals surface area contributed by atoms with E-state index in [0.717, 1.165) is 17.4 Å². The maximum atomic E-state index is 11.4. The molecule has 2 bridgehead atoms. The number of hydrogen-bond donors (Lipinski definition) is 0. The van der Waals surface area contributed by atoms with Crippen molar-refractivity contribution in [1.29, 1.82) is 0 Å². The van der Waals surface area contributed by atoms with Gasteiger partial charge in [0.15, 0.2) is 0 Å². The molecule has 0 saturated heterocycles. The zero-order valence-electron chi connectivity index (χ0n) is 12.8. The summed E-state index contributed by atoms with van der Waals surface area (Å²) in [4.78, 5) is 11.4. The number of rotatable bonds is 3. The normalized spacial score (nSPS) is 26.4. The van der Waals surface area contributed by atoms with Gasteiger partial charge >= 0.3 is 5.97 Å². The summed E-state index contributed by atoms with van der Waals surface area (Å²) in [6.07, 6.45) is 10.1. The predicted octanol–water partition coefficient (Wildman–Crippen LogP) is 4.62. The number of fused-ring (bicyclic) bond motifs is 2. The second kappa shape index (κ2) is 5.88. The first-order chi connectivity index (χ1) is 10.2. The Morgan fingerprint density at radius 3 is 2.57 bits per heavy atom. The van der Waals surface area contributed by atoms with Gasteiger partial charge in [0.25, 0.3) is 0 Å². The minimum atomic E-state index is -0.286. The molecule has 1 aromatic carbocycles. The Balaban J connectivity index is 1.72. The van der Waals surface area contributed by atoms with Crippen molar-refractivity contribution in [3.63, 3.8) is 0 Å². The van der Waals surface area contributed by atoms with Crippen molar-refractivity contribution in [2.75, 3.05) is 7.11 Å². The van der Waals surface area contributed by atoms with Gasteiger partial charge in [-0.05, 0) is 62.1 Å². The second-order valence-corrected chi connectivity index (χ2v) is 6.30. The van der Waals surface area contributed by atoms with E-state index in [9.17, 15) is 4.79 Å². The summed E-state index contributed by atoms with van der Waals surface area (Å²) >= 11 is 0. The van der Waals surface area contributed by atoms with Gasteiger partial charge < -0.3 is 4.74 Å². The van der Waals surface area contributed by atoms with Crippen molar-refractivity contribution in [3.05, 3.63) is 52.6 Å². The fourth-order valence-electron chi connectivity index (χ4n) is 3.70. The van der Waals surface area contributed by atoms with Crippen LogP contribution < -0.4 is 0 Å². The highest BCUT2D eigenvalue weighted by Crippen LogP contribution is 2.48. The van der Waals surface area contributed by atoms with Crippen LogP contribution in [0, 0.1) is 11.8 Å². The van der Waals surface area contributed by atoms with Crippen LogP contribution in [0.5, 0.6) is 0 Å². The summed E-state index contributed by atoms with van der Waals surface area (Å²) < 4.78 is 4.71. The van der Waals surface area contributed by atoms with E-state index in [1.165, 1.54) is 38.4 Å². The Hall–Kier alpha value is -1.83. The maximum absolute atomic E-state index is 11.4. The molecule has 0 amide bonds. The van der Waals surface area contributed by atoms with Gasteiger partial charge in [0, 0.05) is 0 Å². The van der Waals surface area contributed by atoms with Crippen molar-refractivity contribution in [3.8, 4) is 0 Å².